The van der Waals surface area contributed by atoms with Gasteiger partial charge in [0, 0.05) is 17.3 Å². The number of para-hydroxylation sites is 2. The Kier molecular flexibility index (Phi) is 6.89. The molecule has 1 amide bonds. The summed E-state index contributed by atoms with van der Waals surface area (Å²) in [6.07, 6.45) is 0. The molecule has 0 saturated carbocycles. The molecule has 0 aromatic heterocycles. The monoisotopic (exact) mass is 456 g/mol. The molecule has 168 valence electrons. The number of sulfonamides is 1. The van der Waals surface area contributed by atoms with E-state index in [4.69, 9.17) is 14.2 Å². The van der Waals surface area contributed by atoms with E-state index in [9.17, 15) is 13.2 Å². The first-order valence-electron chi connectivity index (χ1n) is 9.58. The van der Waals surface area contributed by atoms with Gasteiger partial charge in [-0.05, 0) is 48.9 Å². The smallest absolute Gasteiger partial charge is 0.262 e. The number of amides is 1. The average Bonchev–Trinajstić information content (AvgIpc) is 2.79. The van der Waals surface area contributed by atoms with Gasteiger partial charge < -0.3 is 19.5 Å². The van der Waals surface area contributed by atoms with Crippen molar-refractivity contribution < 1.29 is 27.4 Å². The van der Waals surface area contributed by atoms with E-state index in [-0.39, 0.29) is 4.90 Å². The van der Waals surface area contributed by atoms with Crippen LogP contribution >= 0.6 is 0 Å². The van der Waals surface area contributed by atoms with Crippen molar-refractivity contribution in [3.8, 4) is 17.2 Å². The summed E-state index contributed by atoms with van der Waals surface area (Å²) in [5.74, 6) is 0.877. The Morgan fingerprint density at radius 2 is 1.50 bits per heavy atom. The minimum absolute atomic E-state index is 0.0319. The van der Waals surface area contributed by atoms with E-state index in [1.54, 1.807) is 61.5 Å². The average molecular weight is 457 g/mol. The van der Waals surface area contributed by atoms with E-state index in [1.165, 1.54) is 27.4 Å². The number of ether oxygens (including phenoxy) is 3. The van der Waals surface area contributed by atoms with Crippen LogP contribution in [0.15, 0.2) is 65.6 Å². The molecule has 0 bridgehead atoms. The zero-order valence-corrected chi connectivity index (χ0v) is 18.9. The van der Waals surface area contributed by atoms with E-state index < -0.39 is 15.9 Å². The first-order valence-corrected chi connectivity index (χ1v) is 11.1. The molecule has 0 spiro atoms. The largest absolute Gasteiger partial charge is 0.497 e. The zero-order chi connectivity index (χ0) is 23.3. The van der Waals surface area contributed by atoms with E-state index >= 15 is 0 Å². The number of nitrogens with one attached hydrogen (secondary N) is 2. The van der Waals surface area contributed by atoms with Crippen LogP contribution in [0, 0.1) is 6.92 Å². The molecule has 0 radical (unpaired) electrons. The summed E-state index contributed by atoms with van der Waals surface area (Å²) in [6.45, 7) is 1.68. The zero-order valence-electron chi connectivity index (χ0n) is 18.1. The fourth-order valence-electron chi connectivity index (χ4n) is 3.04. The van der Waals surface area contributed by atoms with Crippen molar-refractivity contribution in [1.29, 1.82) is 0 Å². The van der Waals surface area contributed by atoms with Gasteiger partial charge in [-0.15, -0.1) is 0 Å². The maximum atomic E-state index is 13.1. The fourth-order valence-corrected chi connectivity index (χ4v) is 4.38. The van der Waals surface area contributed by atoms with Gasteiger partial charge in [-0.1, -0.05) is 18.2 Å². The van der Waals surface area contributed by atoms with Crippen molar-refractivity contribution in [3.05, 3.63) is 71.8 Å². The van der Waals surface area contributed by atoms with Crippen LogP contribution in [-0.2, 0) is 10.0 Å². The van der Waals surface area contributed by atoms with Crippen molar-refractivity contribution >= 4 is 27.3 Å². The minimum Gasteiger partial charge on any atom is -0.497 e. The Balaban J connectivity index is 1.89. The summed E-state index contributed by atoms with van der Waals surface area (Å²) >= 11 is 0. The Labute approximate surface area is 187 Å². The second-order valence-electron chi connectivity index (χ2n) is 6.84. The molecule has 3 rings (SSSR count). The topological polar surface area (TPSA) is 103 Å². The van der Waals surface area contributed by atoms with Crippen molar-refractivity contribution in [1.82, 2.24) is 0 Å². The molecule has 0 heterocycles. The van der Waals surface area contributed by atoms with Gasteiger partial charge in [0.1, 0.15) is 17.2 Å². The number of benzene rings is 3. The van der Waals surface area contributed by atoms with Gasteiger partial charge >= 0.3 is 0 Å². The SMILES string of the molecule is COc1cc(OC)cc(C(=O)Nc2ccc(C)c(S(=O)(=O)Nc3ccccc3OC)c2)c1. The molecule has 3 aromatic rings. The summed E-state index contributed by atoms with van der Waals surface area (Å²) in [5, 5.41) is 2.72. The molecule has 0 aliphatic carbocycles. The van der Waals surface area contributed by atoms with Crippen LogP contribution in [0.3, 0.4) is 0 Å². The van der Waals surface area contributed by atoms with Crippen molar-refractivity contribution in [2.75, 3.05) is 31.4 Å². The molecular weight excluding hydrogens is 432 g/mol. The summed E-state index contributed by atoms with van der Waals surface area (Å²) in [7, 11) is 0.495. The predicted molar refractivity (Wildman–Crippen MR) is 122 cm³/mol. The van der Waals surface area contributed by atoms with Gasteiger partial charge in [0.15, 0.2) is 0 Å². The van der Waals surface area contributed by atoms with Crippen LogP contribution in [-0.4, -0.2) is 35.7 Å². The molecule has 3 aromatic carbocycles. The Bertz CT molecular complexity index is 1220. The molecule has 0 atom stereocenters. The quantitative estimate of drug-likeness (QED) is 0.530. The maximum Gasteiger partial charge on any atom is 0.262 e. The first-order chi connectivity index (χ1) is 15.3. The van der Waals surface area contributed by atoms with Crippen LogP contribution in [0.25, 0.3) is 0 Å². The third-order valence-corrected chi connectivity index (χ3v) is 6.21. The highest BCUT2D eigenvalue weighted by molar-refractivity contribution is 7.92. The number of aryl methyl sites for hydroxylation is 1. The number of hydrogen-bond acceptors (Lipinski definition) is 6. The van der Waals surface area contributed by atoms with E-state index in [2.05, 4.69) is 10.0 Å². The van der Waals surface area contributed by atoms with Gasteiger partial charge in [0.2, 0.25) is 0 Å². The number of methoxy groups -OCH3 is 3. The number of rotatable bonds is 8. The molecule has 0 unspecified atom stereocenters. The van der Waals surface area contributed by atoms with Gasteiger partial charge in [-0.3, -0.25) is 9.52 Å². The molecule has 0 aliphatic heterocycles. The highest BCUT2D eigenvalue weighted by atomic mass is 32.2. The fraction of sp³-hybridized carbons (Fsp3) is 0.174. The van der Waals surface area contributed by atoms with E-state index in [0.29, 0.717) is 39.8 Å². The predicted octanol–water partition coefficient (Wildman–Crippen LogP) is 4.07. The summed E-state index contributed by atoms with van der Waals surface area (Å²) < 4.78 is 44.3. The third kappa shape index (κ3) is 5.12. The van der Waals surface area contributed by atoms with Crippen LogP contribution in [0.1, 0.15) is 15.9 Å². The molecule has 0 fully saturated rings. The van der Waals surface area contributed by atoms with Crippen LogP contribution < -0.4 is 24.2 Å². The van der Waals surface area contributed by atoms with Gasteiger partial charge in [-0.25, -0.2) is 8.42 Å². The molecular formula is C23H24N2O6S. The number of carbonyl (C=O) groups excluding carboxylic acids is 1. The summed E-state index contributed by atoms with van der Waals surface area (Å²) in [5.41, 5.74) is 1.46. The lowest BCUT2D eigenvalue weighted by Crippen LogP contribution is -2.16. The lowest BCUT2D eigenvalue weighted by molar-refractivity contribution is 0.102. The maximum absolute atomic E-state index is 13.1. The molecule has 32 heavy (non-hydrogen) atoms. The van der Waals surface area contributed by atoms with Crippen LogP contribution in [0.4, 0.5) is 11.4 Å². The van der Waals surface area contributed by atoms with Crippen LogP contribution in [0.5, 0.6) is 17.2 Å². The number of anilines is 2. The lowest BCUT2D eigenvalue weighted by atomic mass is 10.1. The Morgan fingerprint density at radius 3 is 2.12 bits per heavy atom. The van der Waals surface area contributed by atoms with E-state index in [1.807, 2.05) is 0 Å². The summed E-state index contributed by atoms with van der Waals surface area (Å²) in [4.78, 5) is 12.8. The van der Waals surface area contributed by atoms with Crippen molar-refractivity contribution in [2.24, 2.45) is 0 Å². The molecule has 9 heteroatoms. The second kappa shape index (κ2) is 9.61. The molecule has 8 nitrogen and oxygen atoms in total. The normalized spacial score (nSPS) is 10.9. The highest BCUT2D eigenvalue weighted by Crippen LogP contribution is 2.29. The van der Waals surface area contributed by atoms with E-state index in [0.717, 1.165) is 0 Å². The standard InChI is InChI=1S/C23H24N2O6S/c1-15-9-10-17(24-23(26)16-11-18(29-2)14-19(12-16)30-3)13-22(15)32(27,28)25-20-7-5-6-8-21(20)31-4/h5-14,25H,1-4H3,(H,24,26). The van der Waals surface area contributed by atoms with Crippen LogP contribution in [0.2, 0.25) is 0 Å². The van der Waals surface area contributed by atoms with Crippen molar-refractivity contribution in [2.45, 2.75) is 11.8 Å². The molecule has 2 N–H and O–H groups in total. The molecule has 0 saturated heterocycles. The Morgan fingerprint density at radius 1 is 0.844 bits per heavy atom. The minimum atomic E-state index is -3.94. The first kappa shape index (κ1) is 23.0. The summed E-state index contributed by atoms with van der Waals surface area (Å²) in [6, 6.07) is 16.1. The highest BCUT2D eigenvalue weighted by Gasteiger charge is 2.20. The second-order valence-corrected chi connectivity index (χ2v) is 8.49. The molecule has 0 aliphatic rings. The number of hydrogen-bond donors (Lipinski definition) is 2. The third-order valence-electron chi connectivity index (χ3n) is 4.70. The van der Waals surface area contributed by atoms with Crippen molar-refractivity contribution in [3.63, 3.8) is 0 Å². The van der Waals surface area contributed by atoms with Gasteiger partial charge in [-0.2, -0.15) is 0 Å². The van der Waals surface area contributed by atoms with Gasteiger partial charge in [0.25, 0.3) is 15.9 Å². The lowest BCUT2D eigenvalue weighted by Gasteiger charge is -2.15. The number of carbonyl (C=O) groups is 1. The Hall–Kier alpha value is -3.72. The van der Waals surface area contributed by atoms with Gasteiger partial charge in [0.05, 0.1) is 31.9 Å².